The van der Waals surface area contributed by atoms with Crippen LogP contribution in [0.2, 0.25) is 0 Å². The number of nitrogens with one attached hydrogen (secondary N) is 2. The van der Waals surface area contributed by atoms with Crippen molar-refractivity contribution in [1.29, 1.82) is 0 Å². The second kappa shape index (κ2) is 7.91. The summed E-state index contributed by atoms with van der Waals surface area (Å²) in [5, 5.41) is 10.5. The van der Waals surface area contributed by atoms with Crippen LogP contribution in [-0.4, -0.2) is 36.8 Å². The van der Waals surface area contributed by atoms with Gasteiger partial charge in [0.05, 0.1) is 6.04 Å². The smallest absolute Gasteiger partial charge is 0.273 e. The lowest BCUT2D eigenvalue weighted by molar-refractivity contribution is 0.0875. The van der Waals surface area contributed by atoms with Crippen molar-refractivity contribution in [2.45, 2.75) is 37.6 Å². The van der Waals surface area contributed by atoms with Crippen molar-refractivity contribution in [3.05, 3.63) is 47.9 Å². The molecular weight excluding hydrogens is 330 g/mol. The van der Waals surface area contributed by atoms with Crippen molar-refractivity contribution in [2.75, 3.05) is 19.7 Å². The van der Waals surface area contributed by atoms with Gasteiger partial charge in [0.15, 0.2) is 5.69 Å². The van der Waals surface area contributed by atoms with Crippen LogP contribution < -0.4 is 15.4 Å². The summed E-state index contributed by atoms with van der Waals surface area (Å²) in [6.07, 6.45) is 4.29. The summed E-state index contributed by atoms with van der Waals surface area (Å²) in [7, 11) is 0. The van der Waals surface area contributed by atoms with E-state index >= 15 is 0 Å². The first-order valence-electron chi connectivity index (χ1n) is 9.45. The number of nitrogens with zero attached hydrogens (tertiary/aromatic N) is 1. The van der Waals surface area contributed by atoms with Gasteiger partial charge in [0.1, 0.15) is 18.1 Å². The van der Waals surface area contributed by atoms with Crippen LogP contribution in [-0.2, 0) is 0 Å². The van der Waals surface area contributed by atoms with E-state index in [0.29, 0.717) is 24.1 Å². The van der Waals surface area contributed by atoms with Crippen molar-refractivity contribution >= 4 is 5.91 Å². The predicted molar refractivity (Wildman–Crippen MR) is 97.3 cm³/mol. The van der Waals surface area contributed by atoms with Gasteiger partial charge < -0.3 is 19.9 Å². The highest BCUT2D eigenvalue weighted by Gasteiger charge is 2.30. The summed E-state index contributed by atoms with van der Waals surface area (Å²) >= 11 is 0. The summed E-state index contributed by atoms with van der Waals surface area (Å²) < 4.78 is 11.2. The van der Waals surface area contributed by atoms with E-state index in [4.69, 9.17) is 9.26 Å². The van der Waals surface area contributed by atoms with E-state index in [2.05, 4.69) is 15.8 Å². The van der Waals surface area contributed by atoms with Crippen molar-refractivity contribution in [3.63, 3.8) is 0 Å². The lowest BCUT2D eigenvalue weighted by atomic mass is 9.90. The van der Waals surface area contributed by atoms with E-state index in [1.54, 1.807) is 6.07 Å². The topological polar surface area (TPSA) is 76.4 Å². The number of rotatable bonds is 7. The molecule has 1 aliphatic carbocycles. The van der Waals surface area contributed by atoms with E-state index in [1.165, 1.54) is 0 Å². The largest absolute Gasteiger partial charge is 0.491 e. The molecule has 1 amide bonds. The van der Waals surface area contributed by atoms with Crippen LogP contribution in [0.1, 0.15) is 47.8 Å². The Labute approximate surface area is 153 Å². The molecule has 1 aromatic heterocycles. The van der Waals surface area contributed by atoms with Crippen molar-refractivity contribution < 1.29 is 14.1 Å². The Morgan fingerprint density at radius 2 is 2.00 bits per heavy atom. The van der Waals surface area contributed by atoms with Crippen LogP contribution in [0.5, 0.6) is 5.75 Å². The minimum absolute atomic E-state index is 0.0501. The third-order valence-electron chi connectivity index (χ3n) is 5.18. The molecule has 6 nitrogen and oxygen atoms in total. The zero-order valence-electron chi connectivity index (χ0n) is 14.8. The van der Waals surface area contributed by atoms with Crippen molar-refractivity contribution in [3.8, 4) is 5.75 Å². The average molecular weight is 355 g/mol. The second-order valence-electron chi connectivity index (χ2n) is 7.18. The number of piperidine rings is 1. The molecule has 0 spiro atoms. The highest BCUT2D eigenvalue weighted by Crippen LogP contribution is 2.40. The first kappa shape index (κ1) is 17.1. The van der Waals surface area contributed by atoms with Crippen LogP contribution >= 0.6 is 0 Å². The Kier molecular flexibility index (Phi) is 5.20. The number of hydrogen-bond donors (Lipinski definition) is 2. The minimum atomic E-state index is -0.180. The maximum Gasteiger partial charge on any atom is 0.273 e. The fraction of sp³-hybridized carbons (Fsp3) is 0.500. The number of para-hydroxylation sites is 1. The number of ether oxygens (including phenoxy) is 1. The van der Waals surface area contributed by atoms with E-state index in [0.717, 1.165) is 50.3 Å². The van der Waals surface area contributed by atoms with Gasteiger partial charge in [-0.15, -0.1) is 0 Å². The van der Waals surface area contributed by atoms with Crippen LogP contribution in [0.3, 0.4) is 0 Å². The lowest BCUT2D eigenvalue weighted by Crippen LogP contribution is -2.47. The molecule has 0 radical (unpaired) electrons. The third kappa shape index (κ3) is 4.25. The minimum Gasteiger partial charge on any atom is -0.491 e. The Balaban J connectivity index is 1.41. The molecule has 1 atom stereocenters. The summed E-state index contributed by atoms with van der Waals surface area (Å²) in [6.45, 7) is 2.39. The Bertz CT molecular complexity index is 721. The molecule has 1 saturated heterocycles. The molecule has 1 aliphatic heterocycles. The van der Waals surface area contributed by atoms with E-state index < -0.39 is 0 Å². The maximum absolute atomic E-state index is 12.7. The van der Waals surface area contributed by atoms with Crippen molar-refractivity contribution in [2.24, 2.45) is 5.92 Å². The molecule has 26 heavy (non-hydrogen) atoms. The zero-order valence-corrected chi connectivity index (χ0v) is 14.8. The number of hydrogen-bond acceptors (Lipinski definition) is 5. The Hall–Kier alpha value is -2.34. The highest BCUT2D eigenvalue weighted by molar-refractivity contribution is 5.92. The molecule has 0 bridgehead atoms. The summed E-state index contributed by atoms with van der Waals surface area (Å²) in [4.78, 5) is 12.7. The Morgan fingerprint density at radius 1 is 1.23 bits per heavy atom. The Morgan fingerprint density at radius 3 is 2.73 bits per heavy atom. The molecule has 138 valence electrons. The third-order valence-corrected chi connectivity index (χ3v) is 5.18. The van der Waals surface area contributed by atoms with Gasteiger partial charge >= 0.3 is 0 Å². The standard InChI is InChI=1S/C20H25N3O3/c24-20(17-12-19(26-23-17)15-6-7-15)22-18(14-8-10-21-11-9-14)13-25-16-4-2-1-3-5-16/h1-5,12,14-15,18,21H,6-11,13H2,(H,22,24). The number of carbonyl (C=O) groups excluding carboxylic acids is 1. The summed E-state index contributed by atoms with van der Waals surface area (Å²) in [5.74, 6) is 2.30. The average Bonchev–Trinajstić information content (AvgIpc) is 3.43. The molecule has 1 unspecified atom stereocenters. The molecule has 2 fully saturated rings. The number of amides is 1. The molecule has 2 aromatic rings. The molecular formula is C20H25N3O3. The van der Waals surface area contributed by atoms with Gasteiger partial charge in [-0.2, -0.15) is 0 Å². The fourth-order valence-corrected chi connectivity index (χ4v) is 3.44. The summed E-state index contributed by atoms with van der Waals surface area (Å²) in [6, 6.07) is 11.4. The first-order chi connectivity index (χ1) is 12.8. The van der Waals surface area contributed by atoms with Crippen LogP contribution in [0, 0.1) is 5.92 Å². The predicted octanol–water partition coefficient (Wildman–Crippen LogP) is 2.73. The molecule has 2 heterocycles. The molecule has 2 aliphatic rings. The van der Waals surface area contributed by atoms with Crippen molar-refractivity contribution in [1.82, 2.24) is 15.8 Å². The molecule has 1 aromatic carbocycles. The molecule has 1 saturated carbocycles. The van der Waals surface area contributed by atoms with Crippen LogP contribution in [0.25, 0.3) is 0 Å². The molecule has 2 N–H and O–H groups in total. The highest BCUT2D eigenvalue weighted by atomic mass is 16.5. The van der Waals surface area contributed by atoms with Gasteiger partial charge in [-0.1, -0.05) is 23.4 Å². The van der Waals surface area contributed by atoms with E-state index in [-0.39, 0.29) is 11.9 Å². The van der Waals surface area contributed by atoms with Gasteiger partial charge in [0.2, 0.25) is 0 Å². The van der Waals surface area contributed by atoms with Gasteiger partial charge in [-0.25, -0.2) is 0 Å². The molecule has 4 rings (SSSR count). The van der Waals surface area contributed by atoms with Crippen LogP contribution in [0.4, 0.5) is 0 Å². The maximum atomic E-state index is 12.7. The lowest BCUT2D eigenvalue weighted by Gasteiger charge is -2.31. The summed E-state index contributed by atoms with van der Waals surface area (Å²) in [5.41, 5.74) is 0.366. The van der Waals surface area contributed by atoms with Gasteiger partial charge in [0.25, 0.3) is 5.91 Å². The van der Waals surface area contributed by atoms with Gasteiger partial charge in [-0.05, 0) is 56.8 Å². The number of benzene rings is 1. The quantitative estimate of drug-likeness (QED) is 0.799. The number of carbonyl (C=O) groups is 1. The monoisotopic (exact) mass is 355 g/mol. The number of aromatic nitrogens is 1. The van der Waals surface area contributed by atoms with E-state index in [9.17, 15) is 4.79 Å². The molecule has 6 heteroatoms. The first-order valence-corrected chi connectivity index (χ1v) is 9.45. The second-order valence-corrected chi connectivity index (χ2v) is 7.18. The fourth-order valence-electron chi connectivity index (χ4n) is 3.44. The van der Waals surface area contributed by atoms with Crippen LogP contribution in [0.15, 0.2) is 40.9 Å². The van der Waals surface area contributed by atoms with E-state index in [1.807, 2.05) is 30.3 Å². The normalized spacial score (nSPS) is 19.1. The van der Waals surface area contributed by atoms with Gasteiger partial charge in [0, 0.05) is 12.0 Å². The zero-order chi connectivity index (χ0) is 17.8. The van der Waals surface area contributed by atoms with Gasteiger partial charge in [-0.3, -0.25) is 4.79 Å². The SMILES string of the molecule is O=C(NC(COc1ccccc1)C1CCNCC1)c1cc(C2CC2)on1.